The van der Waals surface area contributed by atoms with Crippen LogP contribution in [0.4, 0.5) is 4.39 Å². The molecule has 20 heavy (non-hydrogen) atoms. The zero-order valence-electron chi connectivity index (χ0n) is 11.1. The highest BCUT2D eigenvalue weighted by Crippen LogP contribution is 2.28. The summed E-state index contributed by atoms with van der Waals surface area (Å²) in [5.41, 5.74) is 2.17. The predicted molar refractivity (Wildman–Crippen MR) is 88.2 cm³/mol. The number of thiophene rings is 1. The molecule has 0 radical (unpaired) electrons. The van der Waals surface area contributed by atoms with Gasteiger partial charge < -0.3 is 5.32 Å². The quantitative estimate of drug-likeness (QED) is 0.693. The Morgan fingerprint density at radius 2 is 2.20 bits per heavy atom. The van der Waals surface area contributed by atoms with Crippen molar-refractivity contribution in [3.05, 3.63) is 55.4 Å². The van der Waals surface area contributed by atoms with Crippen molar-refractivity contribution in [1.29, 1.82) is 0 Å². The summed E-state index contributed by atoms with van der Waals surface area (Å²) in [5.74, 6) is -0.357. The third kappa shape index (κ3) is 4.29. The summed E-state index contributed by atoms with van der Waals surface area (Å²) in [4.78, 5) is 0. The summed E-state index contributed by atoms with van der Waals surface area (Å²) in [5, 5.41) is 5.81. The first-order chi connectivity index (χ1) is 9.60. The van der Waals surface area contributed by atoms with Gasteiger partial charge in [-0.3, -0.25) is 0 Å². The number of halogens is 3. The maximum Gasteiger partial charge on any atom is 0.142 e. The second kappa shape index (κ2) is 7.55. The number of nitrogens with one attached hydrogen (secondary N) is 1. The lowest BCUT2D eigenvalue weighted by atomic mass is 10.0. The second-order valence-electron chi connectivity index (χ2n) is 4.64. The minimum atomic E-state index is -0.357. The van der Waals surface area contributed by atoms with E-state index in [-0.39, 0.29) is 16.9 Å². The lowest BCUT2D eigenvalue weighted by Crippen LogP contribution is -2.23. The molecule has 0 saturated heterocycles. The number of rotatable bonds is 6. The maximum atomic E-state index is 13.5. The number of hydrogen-bond donors (Lipinski definition) is 1. The van der Waals surface area contributed by atoms with Crippen LogP contribution in [-0.4, -0.2) is 6.54 Å². The SMILES string of the molecule is CCCNC(Cc1ccc(Cl)c(F)c1)c1csc(Br)c1. The van der Waals surface area contributed by atoms with Gasteiger partial charge >= 0.3 is 0 Å². The van der Waals surface area contributed by atoms with E-state index in [1.54, 1.807) is 17.4 Å². The summed E-state index contributed by atoms with van der Waals surface area (Å²) in [6.07, 6.45) is 1.81. The Morgan fingerprint density at radius 1 is 1.40 bits per heavy atom. The van der Waals surface area contributed by atoms with Gasteiger partial charge in [0, 0.05) is 6.04 Å². The first-order valence-electron chi connectivity index (χ1n) is 6.51. The molecule has 0 spiro atoms. The lowest BCUT2D eigenvalue weighted by molar-refractivity contribution is 0.528. The van der Waals surface area contributed by atoms with Gasteiger partial charge in [0.2, 0.25) is 0 Å². The molecule has 1 unspecified atom stereocenters. The Kier molecular flexibility index (Phi) is 6.02. The minimum Gasteiger partial charge on any atom is -0.310 e. The van der Waals surface area contributed by atoms with Gasteiger partial charge in [0.05, 0.1) is 8.81 Å². The molecular formula is C15H16BrClFNS. The summed E-state index contributed by atoms with van der Waals surface area (Å²) in [6, 6.07) is 7.33. The molecule has 0 aliphatic heterocycles. The monoisotopic (exact) mass is 375 g/mol. The third-order valence-corrected chi connectivity index (χ3v) is 4.88. The van der Waals surface area contributed by atoms with Gasteiger partial charge in [0.25, 0.3) is 0 Å². The topological polar surface area (TPSA) is 12.0 Å². The van der Waals surface area contributed by atoms with Gasteiger partial charge in [-0.15, -0.1) is 11.3 Å². The van der Waals surface area contributed by atoms with E-state index in [2.05, 4.69) is 39.6 Å². The van der Waals surface area contributed by atoms with Crippen molar-refractivity contribution in [2.24, 2.45) is 0 Å². The molecule has 0 amide bonds. The van der Waals surface area contributed by atoms with E-state index < -0.39 is 0 Å². The Hall–Kier alpha value is -0.420. The van der Waals surface area contributed by atoms with Gasteiger partial charge in [-0.25, -0.2) is 4.39 Å². The zero-order chi connectivity index (χ0) is 14.5. The van der Waals surface area contributed by atoms with Crippen LogP contribution in [0.5, 0.6) is 0 Å². The van der Waals surface area contributed by atoms with Crippen molar-refractivity contribution >= 4 is 38.9 Å². The van der Waals surface area contributed by atoms with Crippen molar-refractivity contribution in [3.8, 4) is 0 Å². The van der Waals surface area contributed by atoms with Crippen LogP contribution in [0.1, 0.15) is 30.5 Å². The smallest absolute Gasteiger partial charge is 0.142 e. The first kappa shape index (κ1) is 16.0. The van der Waals surface area contributed by atoms with Crippen LogP contribution < -0.4 is 5.32 Å². The van der Waals surface area contributed by atoms with Gasteiger partial charge in [0.15, 0.2) is 0 Å². The number of hydrogen-bond acceptors (Lipinski definition) is 2. The molecule has 1 atom stereocenters. The Bertz CT molecular complexity index is 573. The highest BCUT2D eigenvalue weighted by Gasteiger charge is 2.14. The molecule has 2 rings (SSSR count). The molecule has 0 saturated carbocycles. The summed E-state index contributed by atoms with van der Waals surface area (Å²) in [7, 11) is 0. The third-order valence-electron chi connectivity index (χ3n) is 3.05. The van der Waals surface area contributed by atoms with Crippen molar-refractivity contribution < 1.29 is 4.39 Å². The van der Waals surface area contributed by atoms with Crippen LogP contribution in [0.2, 0.25) is 5.02 Å². The number of benzene rings is 1. The average Bonchev–Trinajstić information content (AvgIpc) is 2.85. The molecule has 1 heterocycles. The summed E-state index contributed by atoms with van der Waals surface area (Å²) in [6.45, 7) is 3.07. The van der Waals surface area contributed by atoms with E-state index in [0.29, 0.717) is 0 Å². The predicted octanol–water partition coefficient (Wildman–Crippen LogP) is 5.59. The molecule has 108 valence electrons. The molecule has 2 aromatic rings. The van der Waals surface area contributed by atoms with Crippen LogP contribution in [0, 0.1) is 5.82 Å². The van der Waals surface area contributed by atoms with Crippen LogP contribution in [0.15, 0.2) is 33.4 Å². The van der Waals surface area contributed by atoms with Crippen LogP contribution >= 0.6 is 38.9 Å². The van der Waals surface area contributed by atoms with E-state index in [1.165, 1.54) is 11.6 Å². The molecule has 1 N–H and O–H groups in total. The fourth-order valence-electron chi connectivity index (χ4n) is 2.03. The van der Waals surface area contributed by atoms with Crippen molar-refractivity contribution in [3.63, 3.8) is 0 Å². The van der Waals surface area contributed by atoms with Gasteiger partial charge in [0.1, 0.15) is 5.82 Å². The molecule has 0 aliphatic carbocycles. The van der Waals surface area contributed by atoms with E-state index >= 15 is 0 Å². The highest BCUT2D eigenvalue weighted by atomic mass is 79.9. The lowest BCUT2D eigenvalue weighted by Gasteiger charge is -2.18. The van der Waals surface area contributed by atoms with Gasteiger partial charge in [-0.2, -0.15) is 0 Å². The Morgan fingerprint density at radius 3 is 2.80 bits per heavy atom. The Labute approximate surface area is 136 Å². The molecule has 1 aromatic carbocycles. The van der Waals surface area contributed by atoms with Gasteiger partial charge in [-0.05, 0) is 70.0 Å². The highest BCUT2D eigenvalue weighted by molar-refractivity contribution is 9.11. The fraction of sp³-hybridized carbons (Fsp3) is 0.333. The zero-order valence-corrected chi connectivity index (χ0v) is 14.3. The fourth-order valence-corrected chi connectivity index (χ4v) is 3.38. The van der Waals surface area contributed by atoms with Crippen molar-refractivity contribution in [1.82, 2.24) is 5.32 Å². The van der Waals surface area contributed by atoms with E-state index in [9.17, 15) is 4.39 Å². The van der Waals surface area contributed by atoms with E-state index in [0.717, 1.165) is 28.7 Å². The van der Waals surface area contributed by atoms with Gasteiger partial charge in [-0.1, -0.05) is 24.6 Å². The normalized spacial score (nSPS) is 12.6. The molecule has 0 bridgehead atoms. The van der Waals surface area contributed by atoms with Crippen LogP contribution in [0.25, 0.3) is 0 Å². The van der Waals surface area contributed by atoms with E-state index in [1.807, 2.05) is 6.07 Å². The summed E-state index contributed by atoms with van der Waals surface area (Å²) < 4.78 is 14.6. The van der Waals surface area contributed by atoms with Crippen LogP contribution in [-0.2, 0) is 6.42 Å². The standard InChI is InChI=1S/C15H16BrClFNS/c1-2-5-19-14(11-8-15(16)20-9-11)7-10-3-4-12(17)13(18)6-10/h3-4,6,8-9,14,19H,2,5,7H2,1H3. The van der Waals surface area contributed by atoms with Crippen molar-refractivity contribution in [2.45, 2.75) is 25.8 Å². The van der Waals surface area contributed by atoms with E-state index in [4.69, 9.17) is 11.6 Å². The average molecular weight is 377 g/mol. The maximum absolute atomic E-state index is 13.5. The molecule has 1 aromatic heterocycles. The summed E-state index contributed by atoms with van der Waals surface area (Å²) >= 11 is 10.9. The molecule has 0 aliphatic rings. The molecule has 0 fully saturated rings. The molecule has 1 nitrogen and oxygen atoms in total. The Balaban J connectivity index is 2.16. The first-order valence-corrected chi connectivity index (χ1v) is 8.56. The minimum absolute atomic E-state index is 0.171. The van der Waals surface area contributed by atoms with Crippen LogP contribution in [0.3, 0.4) is 0 Å². The molecule has 5 heteroatoms. The second-order valence-corrected chi connectivity index (χ2v) is 7.34. The van der Waals surface area contributed by atoms with Crippen molar-refractivity contribution in [2.75, 3.05) is 6.54 Å². The molecular weight excluding hydrogens is 361 g/mol. The largest absolute Gasteiger partial charge is 0.310 e.